The number of methoxy groups -OCH3 is 1. The number of hydrogen-bond donors (Lipinski definition) is 1. The molecular formula is C31H20N2O8. The van der Waals surface area contributed by atoms with Crippen LogP contribution >= 0.6 is 0 Å². The molecule has 4 aromatic heterocycles. The van der Waals surface area contributed by atoms with Crippen molar-refractivity contribution in [2.75, 3.05) is 7.11 Å². The van der Waals surface area contributed by atoms with Crippen LogP contribution in [0.25, 0.3) is 44.6 Å². The maximum atomic E-state index is 12.2. The average molecular weight is 549 g/mol. The Balaban J connectivity index is 0.000000165. The van der Waals surface area contributed by atoms with Gasteiger partial charge < -0.3 is 18.7 Å². The van der Waals surface area contributed by atoms with Gasteiger partial charge in [0, 0.05) is 48.0 Å². The Kier molecular flexibility index (Phi) is 7.46. The third kappa shape index (κ3) is 5.48. The highest BCUT2D eigenvalue weighted by Crippen LogP contribution is 2.25. The third-order valence-corrected chi connectivity index (χ3v) is 6.07. The lowest BCUT2D eigenvalue weighted by Crippen LogP contribution is -2.06. The predicted molar refractivity (Wildman–Crippen MR) is 150 cm³/mol. The van der Waals surface area contributed by atoms with E-state index in [0.29, 0.717) is 28.0 Å². The zero-order chi connectivity index (χ0) is 28.9. The third-order valence-electron chi connectivity index (χ3n) is 6.07. The minimum atomic E-state index is -1.13. The van der Waals surface area contributed by atoms with E-state index in [9.17, 15) is 19.2 Å². The fraction of sp³-hybridized carbons (Fsp3) is 0.0323. The maximum absolute atomic E-state index is 12.2. The van der Waals surface area contributed by atoms with Crippen molar-refractivity contribution in [3.8, 4) is 22.6 Å². The first-order valence-electron chi connectivity index (χ1n) is 12.1. The molecule has 0 bridgehead atoms. The summed E-state index contributed by atoms with van der Waals surface area (Å²) >= 11 is 0. The van der Waals surface area contributed by atoms with Gasteiger partial charge in [0.2, 0.25) is 0 Å². The van der Waals surface area contributed by atoms with Crippen molar-refractivity contribution >= 4 is 33.9 Å². The van der Waals surface area contributed by atoms with Gasteiger partial charge in [-0.1, -0.05) is 12.1 Å². The number of para-hydroxylation sites is 2. The molecule has 0 spiro atoms. The maximum Gasteiger partial charge on any atom is 0.341 e. The molecular weight excluding hydrogens is 528 g/mol. The predicted octanol–water partition coefficient (Wildman–Crippen LogP) is 5.19. The van der Waals surface area contributed by atoms with E-state index in [1.54, 1.807) is 73.3 Å². The zero-order valence-electron chi connectivity index (χ0n) is 21.4. The van der Waals surface area contributed by atoms with Crippen molar-refractivity contribution in [1.82, 2.24) is 9.97 Å². The molecule has 0 amide bonds. The van der Waals surface area contributed by atoms with Gasteiger partial charge in [-0.25, -0.2) is 9.59 Å². The highest BCUT2D eigenvalue weighted by molar-refractivity contribution is 6.02. The number of ether oxygens (including phenoxy) is 1. The fourth-order valence-electron chi connectivity index (χ4n) is 4.11. The Bertz CT molecular complexity index is 2020. The highest BCUT2D eigenvalue weighted by atomic mass is 16.5. The topological polar surface area (TPSA) is 150 Å². The Labute approximate surface area is 231 Å². The largest absolute Gasteiger partial charge is 0.478 e. The van der Waals surface area contributed by atoms with E-state index < -0.39 is 11.9 Å². The minimum Gasteiger partial charge on any atom is -0.478 e. The Morgan fingerprint density at radius 2 is 1.12 bits per heavy atom. The number of carboxylic acids is 1. The normalized spacial score (nSPS) is 10.6. The van der Waals surface area contributed by atoms with Gasteiger partial charge in [-0.2, -0.15) is 0 Å². The zero-order valence-corrected chi connectivity index (χ0v) is 21.4. The summed E-state index contributed by atoms with van der Waals surface area (Å²) in [6.45, 7) is 0. The summed E-state index contributed by atoms with van der Waals surface area (Å²) in [7, 11) is 1.28. The Hall–Kier alpha value is -5.90. The molecule has 6 aromatic rings. The van der Waals surface area contributed by atoms with E-state index in [1.165, 1.54) is 31.4 Å². The number of rotatable bonds is 4. The summed E-state index contributed by atoms with van der Waals surface area (Å²) in [5.41, 5.74) is 1.39. The van der Waals surface area contributed by atoms with Crippen molar-refractivity contribution in [1.29, 1.82) is 0 Å². The van der Waals surface area contributed by atoms with Gasteiger partial charge in [0.1, 0.15) is 22.6 Å². The van der Waals surface area contributed by atoms with E-state index in [1.807, 2.05) is 0 Å². The molecule has 0 aliphatic carbocycles. The monoisotopic (exact) mass is 548 g/mol. The molecule has 2 aromatic carbocycles. The first-order valence-corrected chi connectivity index (χ1v) is 12.1. The van der Waals surface area contributed by atoms with E-state index in [4.69, 9.17) is 18.7 Å². The molecule has 0 atom stereocenters. The van der Waals surface area contributed by atoms with Crippen LogP contribution in [0.4, 0.5) is 0 Å². The summed E-state index contributed by atoms with van der Waals surface area (Å²) in [6.07, 6.45) is 6.35. The lowest BCUT2D eigenvalue weighted by atomic mass is 10.1. The summed E-state index contributed by atoms with van der Waals surface area (Å²) < 4.78 is 16.1. The van der Waals surface area contributed by atoms with Crippen LogP contribution in [0.2, 0.25) is 0 Å². The van der Waals surface area contributed by atoms with Crippen molar-refractivity contribution < 1.29 is 28.3 Å². The second-order valence-electron chi connectivity index (χ2n) is 8.58. The summed E-state index contributed by atoms with van der Waals surface area (Å²) in [5, 5.41) is 9.76. The SMILES string of the molecule is COC(=O)c1cccc2c(=O)cc(-c3ccncc3)oc12.O=C(O)c1cccc2c(=O)cc(-c3ccncc3)oc12. The number of carboxylic acid groups (broad SMARTS) is 1. The quantitative estimate of drug-likeness (QED) is 0.291. The first-order chi connectivity index (χ1) is 19.9. The average Bonchev–Trinajstić information content (AvgIpc) is 3.01. The summed E-state index contributed by atoms with van der Waals surface area (Å²) in [4.78, 5) is 55.1. The van der Waals surface area contributed by atoms with Gasteiger partial charge in [0.15, 0.2) is 22.0 Å². The van der Waals surface area contributed by atoms with Gasteiger partial charge in [-0.05, 0) is 48.5 Å². The number of nitrogens with zero attached hydrogens (tertiary/aromatic N) is 2. The Morgan fingerprint density at radius 1 is 0.683 bits per heavy atom. The molecule has 0 saturated carbocycles. The summed E-state index contributed by atoms with van der Waals surface area (Å²) in [6, 6.07) is 18.9. The van der Waals surface area contributed by atoms with E-state index in [-0.39, 0.29) is 38.5 Å². The lowest BCUT2D eigenvalue weighted by Gasteiger charge is -2.06. The van der Waals surface area contributed by atoms with Crippen LogP contribution < -0.4 is 10.9 Å². The first kappa shape index (κ1) is 26.7. The molecule has 202 valence electrons. The van der Waals surface area contributed by atoms with Crippen LogP contribution in [0, 0.1) is 0 Å². The standard InChI is InChI=1S/C16H11NO4.C15H9NO4/c1-20-16(19)12-4-2-3-11-13(18)9-14(21-15(11)12)10-5-7-17-8-6-10;17-12-8-13(9-4-6-16-7-5-9)20-14-10(12)2-1-3-11(14)15(18)19/h2-9H,1H3;1-8H,(H,18,19). The van der Waals surface area contributed by atoms with Gasteiger partial charge in [0.05, 0.1) is 17.9 Å². The van der Waals surface area contributed by atoms with Crippen molar-refractivity contribution in [2.45, 2.75) is 0 Å². The number of esters is 1. The molecule has 0 aliphatic heterocycles. The number of carbonyl (C=O) groups is 2. The molecule has 4 heterocycles. The van der Waals surface area contributed by atoms with Gasteiger partial charge >= 0.3 is 11.9 Å². The van der Waals surface area contributed by atoms with Crippen LogP contribution in [0.3, 0.4) is 0 Å². The molecule has 41 heavy (non-hydrogen) atoms. The van der Waals surface area contributed by atoms with E-state index in [0.717, 1.165) is 0 Å². The molecule has 1 N–H and O–H groups in total. The van der Waals surface area contributed by atoms with Crippen LogP contribution in [-0.2, 0) is 4.74 Å². The second-order valence-corrected chi connectivity index (χ2v) is 8.58. The van der Waals surface area contributed by atoms with Crippen LogP contribution in [-0.4, -0.2) is 34.1 Å². The highest BCUT2D eigenvalue weighted by Gasteiger charge is 2.16. The second kappa shape index (κ2) is 11.5. The number of fused-ring (bicyclic) bond motifs is 2. The smallest absolute Gasteiger partial charge is 0.341 e. The minimum absolute atomic E-state index is 0.0319. The Morgan fingerprint density at radius 3 is 1.56 bits per heavy atom. The van der Waals surface area contributed by atoms with E-state index >= 15 is 0 Å². The molecule has 10 heteroatoms. The number of aromatic carboxylic acids is 1. The van der Waals surface area contributed by atoms with Crippen molar-refractivity contribution in [2.24, 2.45) is 0 Å². The number of hydrogen-bond acceptors (Lipinski definition) is 9. The summed E-state index contributed by atoms with van der Waals surface area (Å²) in [5.74, 6) is -0.980. The lowest BCUT2D eigenvalue weighted by molar-refractivity contribution is 0.0600. The van der Waals surface area contributed by atoms with Crippen LogP contribution in [0.15, 0.2) is 116 Å². The van der Waals surface area contributed by atoms with Crippen molar-refractivity contribution in [3.05, 3.63) is 129 Å². The van der Waals surface area contributed by atoms with Crippen LogP contribution in [0.1, 0.15) is 20.7 Å². The number of benzene rings is 2. The van der Waals surface area contributed by atoms with Crippen molar-refractivity contribution in [3.63, 3.8) is 0 Å². The van der Waals surface area contributed by atoms with Gasteiger partial charge in [0.25, 0.3) is 0 Å². The number of carbonyl (C=O) groups excluding carboxylic acids is 1. The van der Waals surface area contributed by atoms with Gasteiger partial charge in [-0.15, -0.1) is 0 Å². The molecule has 6 rings (SSSR count). The van der Waals surface area contributed by atoms with Crippen LogP contribution in [0.5, 0.6) is 0 Å². The molecule has 0 unspecified atom stereocenters. The molecule has 10 nitrogen and oxygen atoms in total. The fourth-order valence-corrected chi connectivity index (χ4v) is 4.11. The molecule has 0 saturated heterocycles. The molecule has 0 fully saturated rings. The van der Waals surface area contributed by atoms with E-state index in [2.05, 4.69) is 9.97 Å². The molecule has 0 radical (unpaired) electrons. The number of pyridine rings is 2. The molecule has 0 aliphatic rings. The van der Waals surface area contributed by atoms with Gasteiger partial charge in [-0.3, -0.25) is 19.6 Å². The number of aromatic nitrogens is 2.